The van der Waals surface area contributed by atoms with E-state index in [1.807, 2.05) is 26.8 Å². The number of nitrogens with zero attached hydrogens (tertiary/aromatic N) is 3. The van der Waals surface area contributed by atoms with E-state index in [0.717, 1.165) is 55.4 Å². The molecule has 1 saturated heterocycles. The normalized spacial score (nSPS) is 15.8. The minimum Gasteiger partial charge on any atom is -0.444 e. The molecule has 1 amide bonds. The van der Waals surface area contributed by atoms with E-state index in [1.54, 1.807) is 12.3 Å². The predicted octanol–water partition coefficient (Wildman–Crippen LogP) is 1.79. The number of amides is 1. The number of rotatable bonds is 6. The van der Waals surface area contributed by atoms with Crippen LogP contribution < -0.4 is 10.9 Å². The molecule has 0 spiro atoms. The topological polar surface area (TPSA) is 80.4 Å². The lowest BCUT2D eigenvalue weighted by Crippen LogP contribution is -2.39. The number of aromatic nitrogens is 2. The van der Waals surface area contributed by atoms with Crippen molar-refractivity contribution in [3.8, 4) is 0 Å². The molecule has 146 valence electrons. The van der Waals surface area contributed by atoms with Gasteiger partial charge >= 0.3 is 0 Å². The average molecular weight is 372 g/mol. The number of carbonyl (C=O) groups excluding carboxylic acids is 1. The highest BCUT2D eigenvalue weighted by Crippen LogP contribution is 2.19. The molecule has 0 aromatic carbocycles. The molecule has 0 aliphatic carbocycles. The Hall–Kier alpha value is -2.41. The van der Waals surface area contributed by atoms with Crippen LogP contribution in [0.3, 0.4) is 0 Å². The van der Waals surface area contributed by atoms with Crippen molar-refractivity contribution in [1.29, 1.82) is 0 Å². The monoisotopic (exact) mass is 372 g/mol. The van der Waals surface area contributed by atoms with Gasteiger partial charge in [-0.1, -0.05) is 0 Å². The molecule has 2 aromatic heterocycles. The first-order valence-electron chi connectivity index (χ1n) is 9.50. The van der Waals surface area contributed by atoms with Crippen LogP contribution in [0.5, 0.6) is 0 Å². The maximum Gasteiger partial charge on any atom is 0.251 e. The summed E-state index contributed by atoms with van der Waals surface area (Å²) in [5.41, 5.74) is 1.71. The number of hydrogen-bond acceptors (Lipinski definition) is 5. The zero-order valence-electron chi connectivity index (χ0n) is 16.3. The fourth-order valence-corrected chi connectivity index (χ4v) is 3.35. The van der Waals surface area contributed by atoms with Gasteiger partial charge in [0.05, 0.1) is 12.2 Å². The number of piperidine rings is 1. The van der Waals surface area contributed by atoms with Gasteiger partial charge < -0.3 is 14.3 Å². The average Bonchev–Trinajstić information content (AvgIpc) is 2.94. The molecule has 7 heteroatoms. The second-order valence-corrected chi connectivity index (χ2v) is 7.44. The molecule has 1 N–H and O–H groups in total. The van der Waals surface area contributed by atoms with Gasteiger partial charge in [-0.05, 0) is 64.3 Å². The minimum atomic E-state index is -0.143. The lowest BCUT2D eigenvalue weighted by Gasteiger charge is -2.31. The molecular weight excluding hydrogens is 344 g/mol. The molecule has 1 fully saturated rings. The van der Waals surface area contributed by atoms with Crippen molar-refractivity contribution in [3.63, 3.8) is 0 Å². The van der Waals surface area contributed by atoms with E-state index in [0.29, 0.717) is 12.5 Å². The quantitative estimate of drug-likeness (QED) is 0.836. The predicted molar refractivity (Wildman–Crippen MR) is 102 cm³/mol. The largest absolute Gasteiger partial charge is 0.444 e. The third-order valence-corrected chi connectivity index (χ3v) is 5.19. The van der Waals surface area contributed by atoms with E-state index >= 15 is 0 Å². The molecule has 0 bridgehead atoms. The molecule has 0 atom stereocenters. The maximum absolute atomic E-state index is 12.1. The maximum atomic E-state index is 12.1. The van der Waals surface area contributed by atoms with Crippen LogP contribution >= 0.6 is 0 Å². The third kappa shape index (κ3) is 5.29. The number of oxazole rings is 1. The summed E-state index contributed by atoms with van der Waals surface area (Å²) in [5.74, 6) is 2.01. The highest BCUT2D eigenvalue weighted by atomic mass is 16.4. The van der Waals surface area contributed by atoms with Crippen LogP contribution in [0.25, 0.3) is 0 Å². The summed E-state index contributed by atoms with van der Waals surface area (Å²) in [7, 11) is 0. The van der Waals surface area contributed by atoms with E-state index in [1.165, 1.54) is 4.57 Å². The lowest BCUT2D eigenvalue weighted by atomic mass is 9.97. The first kappa shape index (κ1) is 19.4. The highest BCUT2D eigenvalue weighted by Gasteiger charge is 2.21. The van der Waals surface area contributed by atoms with Crippen LogP contribution in [0, 0.1) is 26.7 Å². The third-order valence-electron chi connectivity index (χ3n) is 5.19. The van der Waals surface area contributed by atoms with Gasteiger partial charge in [0.15, 0.2) is 0 Å². The Morgan fingerprint density at radius 2 is 2.04 bits per heavy atom. The molecule has 1 aliphatic heterocycles. The summed E-state index contributed by atoms with van der Waals surface area (Å²) in [6.07, 6.45) is 3.73. The van der Waals surface area contributed by atoms with E-state index < -0.39 is 0 Å². The first-order valence-corrected chi connectivity index (χ1v) is 9.50. The molecule has 0 saturated carbocycles. The molecule has 7 nitrogen and oxygen atoms in total. The van der Waals surface area contributed by atoms with Crippen LogP contribution in [0.15, 0.2) is 27.5 Å². The summed E-state index contributed by atoms with van der Waals surface area (Å²) >= 11 is 0. The fraction of sp³-hybridized carbons (Fsp3) is 0.550. The second-order valence-electron chi connectivity index (χ2n) is 7.44. The molecule has 3 heterocycles. The summed E-state index contributed by atoms with van der Waals surface area (Å²) in [5, 5.41) is 2.97. The summed E-state index contributed by atoms with van der Waals surface area (Å²) in [6.45, 7) is 9.17. The number of hydrogen-bond donors (Lipinski definition) is 1. The standard InChI is InChI=1S/C20H28N4O3/c1-14-4-9-24(20(26)10-14)12-18(25)21-11-17-5-7-23(8-6-17)13-19-22-15(2)16(3)27-19/h4,9-10,17H,5-8,11-13H2,1-3H3,(H,21,25). The van der Waals surface area contributed by atoms with Gasteiger partial charge in [0, 0.05) is 18.8 Å². The van der Waals surface area contributed by atoms with Crippen LogP contribution in [0.1, 0.15) is 35.7 Å². The smallest absolute Gasteiger partial charge is 0.251 e. The Balaban J connectivity index is 1.40. The zero-order valence-corrected chi connectivity index (χ0v) is 16.3. The fourth-order valence-electron chi connectivity index (χ4n) is 3.35. The van der Waals surface area contributed by atoms with Crippen molar-refractivity contribution in [3.05, 3.63) is 51.6 Å². The van der Waals surface area contributed by atoms with Crippen LogP contribution in [-0.2, 0) is 17.9 Å². The van der Waals surface area contributed by atoms with Crippen molar-refractivity contribution in [2.24, 2.45) is 5.92 Å². The summed E-state index contributed by atoms with van der Waals surface area (Å²) < 4.78 is 7.09. The van der Waals surface area contributed by atoms with Gasteiger partial charge in [-0.3, -0.25) is 14.5 Å². The van der Waals surface area contributed by atoms with E-state index in [-0.39, 0.29) is 18.0 Å². The summed E-state index contributed by atoms with van der Waals surface area (Å²) in [4.78, 5) is 30.8. The van der Waals surface area contributed by atoms with Gasteiger partial charge in [-0.15, -0.1) is 0 Å². The number of aryl methyl sites for hydroxylation is 3. The highest BCUT2D eigenvalue weighted by molar-refractivity contribution is 5.75. The Kier molecular flexibility index (Phi) is 6.11. The van der Waals surface area contributed by atoms with Crippen molar-refractivity contribution in [1.82, 2.24) is 19.8 Å². The van der Waals surface area contributed by atoms with Gasteiger partial charge in [-0.25, -0.2) is 4.98 Å². The number of carbonyl (C=O) groups is 1. The molecule has 27 heavy (non-hydrogen) atoms. The lowest BCUT2D eigenvalue weighted by molar-refractivity contribution is -0.122. The molecule has 1 aliphatic rings. The number of nitrogens with one attached hydrogen (secondary N) is 1. The Morgan fingerprint density at radius 1 is 1.30 bits per heavy atom. The van der Waals surface area contributed by atoms with Gasteiger partial charge in [0.1, 0.15) is 12.3 Å². The molecule has 0 unspecified atom stereocenters. The van der Waals surface area contributed by atoms with Crippen LogP contribution in [0.2, 0.25) is 0 Å². The number of pyridine rings is 1. The van der Waals surface area contributed by atoms with Gasteiger partial charge in [-0.2, -0.15) is 0 Å². The zero-order chi connectivity index (χ0) is 19.4. The van der Waals surface area contributed by atoms with Gasteiger partial charge in [0.25, 0.3) is 5.56 Å². The van der Waals surface area contributed by atoms with Crippen molar-refractivity contribution >= 4 is 5.91 Å². The number of likely N-dealkylation sites (tertiary alicyclic amines) is 1. The van der Waals surface area contributed by atoms with Gasteiger partial charge in [0.2, 0.25) is 11.8 Å². The van der Waals surface area contributed by atoms with E-state index in [4.69, 9.17) is 4.42 Å². The molecule has 2 aromatic rings. The van der Waals surface area contributed by atoms with Crippen LogP contribution in [0.4, 0.5) is 0 Å². The molecular formula is C20H28N4O3. The Bertz CT molecular complexity index is 828. The van der Waals surface area contributed by atoms with Crippen LogP contribution in [-0.4, -0.2) is 40.0 Å². The van der Waals surface area contributed by atoms with E-state index in [9.17, 15) is 9.59 Å². The molecule has 0 radical (unpaired) electrons. The minimum absolute atomic E-state index is 0.0703. The Labute approximate surface area is 159 Å². The first-order chi connectivity index (χ1) is 12.9. The van der Waals surface area contributed by atoms with E-state index in [2.05, 4.69) is 15.2 Å². The summed E-state index contributed by atoms with van der Waals surface area (Å²) in [6, 6.07) is 3.38. The van der Waals surface area contributed by atoms with Crippen molar-refractivity contribution in [2.75, 3.05) is 19.6 Å². The Morgan fingerprint density at radius 3 is 2.67 bits per heavy atom. The SMILES string of the molecule is Cc1ccn(CC(=O)NCC2CCN(Cc3nc(C)c(C)o3)CC2)c(=O)c1. The molecule has 3 rings (SSSR count). The second kappa shape index (κ2) is 8.52. The van der Waals surface area contributed by atoms with Crippen molar-refractivity contribution in [2.45, 2.75) is 46.7 Å². The van der Waals surface area contributed by atoms with Crippen molar-refractivity contribution < 1.29 is 9.21 Å².